The van der Waals surface area contributed by atoms with E-state index in [-0.39, 0.29) is 35.8 Å². The molecule has 1 saturated heterocycles. The van der Waals surface area contributed by atoms with E-state index in [0.29, 0.717) is 43.5 Å². The fourth-order valence-electron chi connectivity index (χ4n) is 3.03. The number of rotatable bonds is 9. The Morgan fingerprint density at radius 3 is 2.27 bits per heavy atom. The molecule has 2 N–H and O–H groups in total. The van der Waals surface area contributed by atoms with E-state index in [1.54, 1.807) is 24.3 Å². The monoisotopic (exact) mass is 572 g/mol. The third-order valence-electron chi connectivity index (χ3n) is 4.69. The highest BCUT2D eigenvalue weighted by Gasteiger charge is 2.26. The maximum Gasteiger partial charge on any atom is 0.243 e. The minimum Gasteiger partial charge on any atom is -0.357 e. The van der Waals surface area contributed by atoms with Crippen molar-refractivity contribution in [2.45, 2.75) is 50.6 Å². The van der Waals surface area contributed by atoms with Crippen molar-refractivity contribution in [3.8, 4) is 0 Å². The number of guanidine groups is 1. The highest BCUT2D eigenvalue weighted by molar-refractivity contribution is 14.0. The van der Waals surface area contributed by atoms with Crippen molar-refractivity contribution < 1.29 is 16.8 Å². The van der Waals surface area contributed by atoms with E-state index >= 15 is 0 Å². The molecular weight excluding hydrogens is 539 g/mol. The highest BCUT2D eigenvalue weighted by atomic mass is 127. The average Bonchev–Trinajstić information content (AvgIpc) is 3.20. The zero-order chi connectivity index (χ0) is 21.5. The van der Waals surface area contributed by atoms with Crippen molar-refractivity contribution in [3.05, 3.63) is 29.8 Å². The predicted octanol–water partition coefficient (Wildman–Crippen LogP) is 1.97. The Kier molecular flexibility index (Phi) is 11.0. The molecule has 1 unspecified atom stereocenters. The van der Waals surface area contributed by atoms with Gasteiger partial charge in [0.1, 0.15) is 9.84 Å². The molecule has 30 heavy (non-hydrogen) atoms. The normalized spacial score (nSPS) is 16.7. The molecule has 0 radical (unpaired) electrons. The number of nitrogens with zero attached hydrogens (tertiary/aromatic N) is 2. The van der Waals surface area contributed by atoms with Gasteiger partial charge in [0.2, 0.25) is 10.0 Å². The predicted molar refractivity (Wildman–Crippen MR) is 132 cm³/mol. The Labute approximate surface area is 197 Å². The lowest BCUT2D eigenvalue weighted by Gasteiger charge is -2.17. The van der Waals surface area contributed by atoms with Crippen LogP contribution in [0, 0.1) is 0 Å². The summed E-state index contributed by atoms with van der Waals surface area (Å²) >= 11 is 0. The molecule has 0 amide bonds. The van der Waals surface area contributed by atoms with E-state index in [4.69, 9.17) is 0 Å². The average molecular weight is 573 g/mol. The van der Waals surface area contributed by atoms with E-state index in [1.165, 1.54) is 10.6 Å². The van der Waals surface area contributed by atoms with Gasteiger partial charge in [0.05, 0.1) is 17.2 Å². The van der Waals surface area contributed by atoms with Crippen LogP contribution in [0.4, 0.5) is 0 Å². The Bertz CT molecular complexity index is 897. The van der Waals surface area contributed by atoms with Gasteiger partial charge in [-0.15, -0.1) is 24.0 Å². The summed E-state index contributed by atoms with van der Waals surface area (Å²) in [6.45, 7) is 6.11. The van der Waals surface area contributed by atoms with Crippen LogP contribution in [-0.2, 0) is 26.4 Å². The van der Waals surface area contributed by atoms with Gasteiger partial charge in [-0.25, -0.2) is 21.8 Å². The number of halogens is 1. The van der Waals surface area contributed by atoms with Crippen LogP contribution in [0.5, 0.6) is 0 Å². The third kappa shape index (κ3) is 8.67. The van der Waals surface area contributed by atoms with Crippen molar-refractivity contribution >= 4 is 49.8 Å². The molecule has 2 rings (SSSR count). The zero-order valence-electron chi connectivity index (χ0n) is 17.8. The van der Waals surface area contributed by atoms with Gasteiger partial charge in [0.15, 0.2) is 5.96 Å². The molecule has 0 spiro atoms. The molecule has 0 aliphatic carbocycles. The van der Waals surface area contributed by atoms with Gasteiger partial charge in [-0.05, 0) is 50.8 Å². The van der Waals surface area contributed by atoms with E-state index in [9.17, 15) is 16.8 Å². The number of sulfonamides is 1. The lowest BCUT2D eigenvalue weighted by Crippen LogP contribution is -2.42. The number of benzene rings is 1. The van der Waals surface area contributed by atoms with E-state index in [2.05, 4.69) is 15.6 Å². The summed E-state index contributed by atoms with van der Waals surface area (Å²) in [5, 5.41) is 6.35. The van der Waals surface area contributed by atoms with E-state index in [0.717, 1.165) is 18.4 Å². The van der Waals surface area contributed by atoms with E-state index < -0.39 is 19.9 Å². The summed E-state index contributed by atoms with van der Waals surface area (Å²) in [5.74, 6) is 0.718. The number of nitrogens with one attached hydrogen (secondary N) is 2. The van der Waals surface area contributed by atoms with Crippen LogP contribution in [0.3, 0.4) is 0 Å². The lowest BCUT2D eigenvalue weighted by molar-refractivity contribution is 0.477. The van der Waals surface area contributed by atoms with Gasteiger partial charge in [-0.3, -0.25) is 0 Å². The van der Waals surface area contributed by atoms with Gasteiger partial charge < -0.3 is 10.6 Å². The van der Waals surface area contributed by atoms with Crippen LogP contribution in [0.15, 0.2) is 34.2 Å². The van der Waals surface area contributed by atoms with Gasteiger partial charge in [-0.1, -0.05) is 12.1 Å². The standard InChI is InChI=1S/C19H32N4O4S2.HI/c1-4-20-19(22-16(2)11-14-28(3,24)25)21-15-17-7-9-18(10-8-17)29(26,27)23-12-5-6-13-23;/h7-10,16H,4-6,11-15H2,1-3H3,(H2,20,21,22);1H. The topological polar surface area (TPSA) is 108 Å². The third-order valence-corrected chi connectivity index (χ3v) is 7.59. The quantitative estimate of drug-likeness (QED) is 0.266. The first kappa shape index (κ1) is 27.1. The number of sulfone groups is 1. The summed E-state index contributed by atoms with van der Waals surface area (Å²) in [7, 11) is -6.40. The molecule has 1 aromatic carbocycles. The van der Waals surface area contributed by atoms with Crippen LogP contribution in [0.1, 0.15) is 38.7 Å². The molecule has 172 valence electrons. The first-order valence-electron chi connectivity index (χ1n) is 9.93. The van der Waals surface area contributed by atoms with Gasteiger partial charge >= 0.3 is 0 Å². The van der Waals surface area contributed by atoms with Crippen LogP contribution in [-0.4, -0.2) is 64.8 Å². The Hall–Kier alpha value is -0.920. The fraction of sp³-hybridized carbons (Fsp3) is 0.632. The smallest absolute Gasteiger partial charge is 0.243 e. The fourth-order valence-corrected chi connectivity index (χ4v) is 5.33. The maximum absolute atomic E-state index is 12.6. The molecule has 1 aliphatic rings. The summed E-state index contributed by atoms with van der Waals surface area (Å²) < 4.78 is 49.3. The van der Waals surface area contributed by atoms with Gasteiger partial charge in [0, 0.05) is 31.9 Å². The number of hydrogen-bond donors (Lipinski definition) is 2. The minimum atomic E-state index is -3.41. The minimum absolute atomic E-state index is 0. The first-order valence-corrected chi connectivity index (χ1v) is 13.4. The zero-order valence-corrected chi connectivity index (χ0v) is 21.8. The lowest BCUT2D eigenvalue weighted by atomic mass is 10.2. The number of hydrogen-bond acceptors (Lipinski definition) is 5. The second kappa shape index (κ2) is 12.2. The highest BCUT2D eigenvalue weighted by Crippen LogP contribution is 2.21. The molecule has 11 heteroatoms. The SMILES string of the molecule is CCNC(=NCc1ccc(S(=O)(=O)N2CCCC2)cc1)NC(C)CCS(C)(=O)=O.I. The molecule has 1 aromatic rings. The second-order valence-electron chi connectivity index (χ2n) is 7.41. The van der Waals surface area contributed by atoms with Gasteiger partial charge in [-0.2, -0.15) is 4.31 Å². The molecule has 0 saturated carbocycles. The van der Waals surface area contributed by atoms with Crippen molar-refractivity contribution in [1.82, 2.24) is 14.9 Å². The van der Waals surface area contributed by atoms with Crippen molar-refractivity contribution in [2.75, 3.05) is 31.6 Å². The molecule has 1 heterocycles. The summed E-state index contributed by atoms with van der Waals surface area (Å²) in [5.41, 5.74) is 0.895. The molecule has 1 fully saturated rings. The number of aliphatic imine (C=N–C) groups is 1. The molecule has 1 atom stereocenters. The summed E-state index contributed by atoms with van der Waals surface area (Å²) in [6.07, 6.45) is 3.54. The molecule has 0 aromatic heterocycles. The Morgan fingerprint density at radius 1 is 1.13 bits per heavy atom. The Morgan fingerprint density at radius 2 is 1.73 bits per heavy atom. The Balaban J connectivity index is 0.00000450. The van der Waals surface area contributed by atoms with Crippen LogP contribution < -0.4 is 10.6 Å². The first-order chi connectivity index (χ1) is 13.6. The molecule has 8 nitrogen and oxygen atoms in total. The van der Waals surface area contributed by atoms with Crippen LogP contribution >= 0.6 is 24.0 Å². The second-order valence-corrected chi connectivity index (χ2v) is 11.6. The maximum atomic E-state index is 12.6. The van der Waals surface area contributed by atoms with Crippen molar-refractivity contribution in [1.29, 1.82) is 0 Å². The van der Waals surface area contributed by atoms with E-state index in [1.807, 2.05) is 13.8 Å². The summed E-state index contributed by atoms with van der Waals surface area (Å²) in [6, 6.07) is 6.78. The van der Waals surface area contributed by atoms with Gasteiger partial charge in [0.25, 0.3) is 0 Å². The largest absolute Gasteiger partial charge is 0.357 e. The van der Waals surface area contributed by atoms with Crippen molar-refractivity contribution in [2.24, 2.45) is 4.99 Å². The summed E-state index contributed by atoms with van der Waals surface area (Å²) in [4.78, 5) is 4.83. The van der Waals surface area contributed by atoms with Crippen LogP contribution in [0.25, 0.3) is 0 Å². The van der Waals surface area contributed by atoms with Crippen LogP contribution in [0.2, 0.25) is 0 Å². The van der Waals surface area contributed by atoms with Crippen molar-refractivity contribution in [3.63, 3.8) is 0 Å². The molecule has 0 bridgehead atoms. The molecule has 1 aliphatic heterocycles. The molecular formula is C19H33IN4O4S2.